The summed E-state index contributed by atoms with van der Waals surface area (Å²) in [5, 5.41) is 20.2. The second-order valence-corrected chi connectivity index (χ2v) is 14.4. The molecule has 252 valence electrons. The molecule has 48 heavy (non-hydrogen) atoms. The Morgan fingerprint density at radius 2 is 1.94 bits per heavy atom. The fourth-order valence-electron chi connectivity index (χ4n) is 7.07. The maximum atomic E-state index is 16.9. The first-order valence-corrected chi connectivity index (χ1v) is 16.8. The summed E-state index contributed by atoms with van der Waals surface area (Å²) in [5.74, 6) is 0.0635. The van der Waals surface area contributed by atoms with E-state index in [1.807, 2.05) is 67.9 Å². The van der Waals surface area contributed by atoms with Crippen molar-refractivity contribution in [3.8, 4) is 17.2 Å². The molecule has 0 aliphatic carbocycles. The fourth-order valence-corrected chi connectivity index (χ4v) is 7.29. The van der Waals surface area contributed by atoms with Crippen LogP contribution in [0.3, 0.4) is 0 Å². The van der Waals surface area contributed by atoms with E-state index in [9.17, 15) is 10.1 Å². The van der Waals surface area contributed by atoms with Gasteiger partial charge in [-0.25, -0.2) is 14.1 Å². The van der Waals surface area contributed by atoms with E-state index in [-0.39, 0.29) is 35.5 Å². The Labute approximate surface area is 286 Å². The average Bonchev–Trinajstić information content (AvgIpc) is 3.47. The number of pyridine rings is 1. The number of fused-ring (bicyclic) bond motifs is 3. The number of nitrogens with zero attached hydrogens (tertiary/aromatic N) is 9. The number of anilines is 1. The molecule has 0 spiro atoms. The van der Waals surface area contributed by atoms with Crippen LogP contribution >= 0.6 is 11.6 Å². The van der Waals surface area contributed by atoms with E-state index in [1.54, 1.807) is 11.0 Å². The molecule has 0 saturated carbocycles. The molecule has 0 radical (unpaired) electrons. The summed E-state index contributed by atoms with van der Waals surface area (Å²) >= 11 is 6.74. The topological polar surface area (TPSA) is 97.4 Å². The summed E-state index contributed by atoms with van der Waals surface area (Å²) in [6.07, 6.45) is 4.79. The number of aryl methyl sites for hydroxylation is 2. The number of aromatic nitrogens is 4. The Kier molecular flexibility index (Phi) is 9.20. The standard InChI is InChI=1S/C36H43ClFN9O/c1-22-10-8-11-26(30(22)37)29-23(2)18-27-32(31(29)38)40-35(45-20-36(3,21-45)44(6)7)33-34(27)47(42-41-33)25-14-17-46(24(19-25)13-15-39)28(48)12-9-16-43(4)5/h8-12,18,24-25H,13-14,16-17,19-21H2,1-7H3/b12-9+/t24-,25+/m1/s1. The lowest BCUT2D eigenvalue weighted by atomic mass is 9.90. The second-order valence-electron chi connectivity index (χ2n) is 14.0. The molecule has 1 amide bonds. The zero-order chi connectivity index (χ0) is 34.5. The highest BCUT2D eigenvalue weighted by atomic mass is 35.5. The van der Waals surface area contributed by atoms with Crippen LogP contribution < -0.4 is 4.90 Å². The number of amides is 1. The number of carbonyl (C=O) groups excluding carboxylic acids is 1. The van der Waals surface area contributed by atoms with Gasteiger partial charge in [-0.2, -0.15) is 5.26 Å². The van der Waals surface area contributed by atoms with Crippen LogP contribution in [0, 0.1) is 31.0 Å². The summed E-state index contributed by atoms with van der Waals surface area (Å²) < 4.78 is 18.8. The molecule has 2 aromatic carbocycles. The largest absolute Gasteiger partial charge is 0.351 e. The highest BCUT2D eigenvalue weighted by Gasteiger charge is 2.43. The lowest BCUT2D eigenvalue weighted by Gasteiger charge is -2.52. The minimum atomic E-state index is -0.434. The van der Waals surface area contributed by atoms with E-state index in [2.05, 4.69) is 47.2 Å². The van der Waals surface area contributed by atoms with E-state index < -0.39 is 5.82 Å². The Hall–Kier alpha value is -4.11. The van der Waals surface area contributed by atoms with Crippen LogP contribution in [0.2, 0.25) is 5.02 Å². The maximum absolute atomic E-state index is 16.9. The first-order chi connectivity index (χ1) is 22.8. The van der Waals surface area contributed by atoms with Crippen molar-refractivity contribution in [3.63, 3.8) is 0 Å². The van der Waals surface area contributed by atoms with Gasteiger partial charge in [0.05, 0.1) is 29.1 Å². The van der Waals surface area contributed by atoms with Gasteiger partial charge in [0.15, 0.2) is 17.2 Å². The molecular weight excluding hydrogens is 629 g/mol. The molecule has 2 atom stereocenters. The van der Waals surface area contributed by atoms with Gasteiger partial charge >= 0.3 is 0 Å². The molecule has 0 unspecified atom stereocenters. The molecule has 6 rings (SSSR count). The van der Waals surface area contributed by atoms with Crippen LogP contribution in [0.25, 0.3) is 33.1 Å². The second kappa shape index (κ2) is 13.1. The summed E-state index contributed by atoms with van der Waals surface area (Å²) in [7, 11) is 8.01. The summed E-state index contributed by atoms with van der Waals surface area (Å²) in [5.41, 5.74) is 4.16. The molecule has 12 heteroatoms. The van der Waals surface area contributed by atoms with Crippen LogP contribution in [0.5, 0.6) is 0 Å². The molecule has 0 N–H and O–H groups in total. The van der Waals surface area contributed by atoms with Gasteiger partial charge in [-0.05, 0) is 79.0 Å². The number of likely N-dealkylation sites (N-methyl/N-ethyl adjacent to an activating group) is 2. The van der Waals surface area contributed by atoms with Gasteiger partial charge in [-0.1, -0.05) is 41.1 Å². The average molecular weight is 672 g/mol. The van der Waals surface area contributed by atoms with Gasteiger partial charge in [0, 0.05) is 54.8 Å². The van der Waals surface area contributed by atoms with Crippen molar-refractivity contribution in [1.82, 2.24) is 34.7 Å². The van der Waals surface area contributed by atoms with E-state index in [0.717, 1.165) is 11.1 Å². The van der Waals surface area contributed by atoms with Crippen molar-refractivity contribution >= 4 is 45.3 Å². The Balaban J connectivity index is 1.48. The predicted molar refractivity (Wildman–Crippen MR) is 189 cm³/mol. The van der Waals surface area contributed by atoms with E-state index in [4.69, 9.17) is 16.6 Å². The molecule has 4 heterocycles. The first-order valence-electron chi connectivity index (χ1n) is 16.4. The number of nitriles is 1. The number of hydrogen-bond acceptors (Lipinski definition) is 8. The van der Waals surface area contributed by atoms with Crippen molar-refractivity contribution in [2.45, 2.75) is 57.7 Å². The number of hydrogen-bond donors (Lipinski definition) is 0. The van der Waals surface area contributed by atoms with Crippen molar-refractivity contribution < 1.29 is 9.18 Å². The third-order valence-electron chi connectivity index (χ3n) is 10.1. The fraction of sp³-hybridized carbons (Fsp3) is 0.472. The van der Waals surface area contributed by atoms with Gasteiger partial charge < -0.3 is 19.6 Å². The number of piperidine rings is 1. The normalized spacial score (nSPS) is 19.5. The zero-order valence-electron chi connectivity index (χ0n) is 28.8. The third-order valence-corrected chi connectivity index (χ3v) is 10.6. The molecular formula is C36H43ClFN9O. The molecule has 4 aromatic rings. The number of benzene rings is 2. The number of carbonyl (C=O) groups is 1. The van der Waals surface area contributed by atoms with Crippen molar-refractivity contribution in [1.29, 1.82) is 5.26 Å². The van der Waals surface area contributed by atoms with Gasteiger partial charge in [0.1, 0.15) is 11.0 Å². The van der Waals surface area contributed by atoms with Crippen molar-refractivity contribution in [2.75, 3.05) is 59.3 Å². The number of likely N-dealkylation sites (tertiary alicyclic amines) is 1. The van der Waals surface area contributed by atoms with E-state index in [1.165, 1.54) is 0 Å². The van der Waals surface area contributed by atoms with E-state index >= 15 is 4.39 Å². The summed E-state index contributed by atoms with van der Waals surface area (Å²) in [6, 6.07) is 9.44. The van der Waals surface area contributed by atoms with Crippen molar-refractivity contribution in [3.05, 3.63) is 58.4 Å². The third kappa shape index (κ3) is 5.91. The number of halogens is 2. The molecule has 2 saturated heterocycles. The van der Waals surface area contributed by atoms with Gasteiger partial charge in [-0.3, -0.25) is 4.79 Å². The van der Waals surface area contributed by atoms with Gasteiger partial charge in [0.2, 0.25) is 5.91 Å². The minimum Gasteiger partial charge on any atom is -0.351 e. The Morgan fingerprint density at radius 3 is 2.62 bits per heavy atom. The molecule has 2 aliphatic rings. The van der Waals surface area contributed by atoms with Crippen LogP contribution in [0.1, 0.15) is 43.4 Å². The summed E-state index contributed by atoms with van der Waals surface area (Å²) in [4.78, 5) is 26.3. The van der Waals surface area contributed by atoms with Gasteiger partial charge in [-0.15, -0.1) is 5.10 Å². The Morgan fingerprint density at radius 1 is 1.19 bits per heavy atom. The smallest absolute Gasteiger partial charge is 0.246 e. The highest BCUT2D eigenvalue weighted by Crippen LogP contribution is 2.43. The number of rotatable bonds is 8. The van der Waals surface area contributed by atoms with Crippen molar-refractivity contribution in [2.24, 2.45) is 0 Å². The van der Waals surface area contributed by atoms with E-state index in [0.29, 0.717) is 77.4 Å². The minimum absolute atomic E-state index is 0.0596. The van der Waals surface area contributed by atoms with Crippen LogP contribution in [-0.4, -0.2) is 107 Å². The maximum Gasteiger partial charge on any atom is 0.246 e. The zero-order valence-corrected chi connectivity index (χ0v) is 29.5. The first kappa shape index (κ1) is 33.8. The predicted octanol–water partition coefficient (Wildman–Crippen LogP) is 5.76. The highest BCUT2D eigenvalue weighted by molar-refractivity contribution is 6.34. The van der Waals surface area contributed by atoms with Gasteiger partial charge in [0.25, 0.3) is 0 Å². The SMILES string of the molecule is Cc1cccc(-c2c(C)cc3c(nc(N4CC(C)(N(C)C)C4)c4nnn([C@H]5CCN(C(=O)/C=C/CN(C)C)[C@H](CC#N)C5)c43)c2F)c1Cl. The molecule has 2 fully saturated rings. The lowest BCUT2D eigenvalue weighted by molar-refractivity contribution is -0.130. The summed E-state index contributed by atoms with van der Waals surface area (Å²) in [6.45, 7) is 8.52. The molecule has 2 aromatic heterocycles. The monoisotopic (exact) mass is 671 g/mol. The molecule has 2 aliphatic heterocycles. The van der Waals surface area contributed by atoms with Crippen LogP contribution in [0.15, 0.2) is 36.4 Å². The molecule has 0 bridgehead atoms. The quantitative estimate of drug-likeness (QED) is 0.218. The lowest BCUT2D eigenvalue weighted by Crippen LogP contribution is -2.67. The van der Waals surface area contributed by atoms with Crippen LogP contribution in [0.4, 0.5) is 10.2 Å². The van der Waals surface area contributed by atoms with Crippen LogP contribution in [-0.2, 0) is 4.79 Å². The molecule has 10 nitrogen and oxygen atoms in total. The Bertz CT molecular complexity index is 1960.